The molecule has 0 saturated carbocycles. The van der Waals surface area contributed by atoms with Crippen LogP contribution in [0.4, 0.5) is 5.82 Å². The molecule has 174 valence electrons. The predicted molar refractivity (Wildman–Crippen MR) is 129 cm³/mol. The van der Waals surface area contributed by atoms with Crippen molar-refractivity contribution in [2.45, 2.75) is 40.2 Å². The van der Waals surface area contributed by atoms with Gasteiger partial charge in [-0.05, 0) is 47.8 Å². The number of pyridine rings is 1. The largest absolute Gasteiger partial charge is 0.356 e. The summed E-state index contributed by atoms with van der Waals surface area (Å²) in [7, 11) is 1.78. The summed E-state index contributed by atoms with van der Waals surface area (Å²) in [6, 6.07) is 4.01. The lowest BCUT2D eigenvalue weighted by Crippen LogP contribution is -2.41. The fraction of sp³-hybridized carbons (Fsp3) is 0.571. The molecule has 1 aliphatic rings. The summed E-state index contributed by atoms with van der Waals surface area (Å²) in [6.07, 6.45) is 2.08. The topological polar surface area (TPSA) is 97.9 Å². The van der Waals surface area contributed by atoms with Gasteiger partial charge in [0.15, 0.2) is 11.3 Å². The molecule has 0 radical (unpaired) electrons. The van der Waals surface area contributed by atoms with Crippen molar-refractivity contribution in [2.24, 2.45) is 18.4 Å². The van der Waals surface area contributed by atoms with E-state index in [1.807, 2.05) is 16.7 Å². The van der Waals surface area contributed by atoms with Gasteiger partial charge in [-0.2, -0.15) is 0 Å². The van der Waals surface area contributed by atoms with Crippen LogP contribution in [0, 0.1) is 11.3 Å². The highest BCUT2D eigenvalue weighted by Crippen LogP contribution is 2.25. The fourth-order valence-electron chi connectivity index (χ4n) is 4.10. The van der Waals surface area contributed by atoms with E-state index in [9.17, 15) is 9.59 Å². The van der Waals surface area contributed by atoms with Crippen LogP contribution in [0.1, 0.15) is 44.1 Å². The van der Waals surface area contributed by atoms with E-state index in [0.29, 0.717) is 30.3 Å². The highest BCUT2D eigenvalue weighted by atomic mass is 35.5. The number of hydrogen-bond acceptors (Lipinski definition) is 7. The van der Waals surface area contributed by atoms with Crippen LogP contribution >= 0.6 is 23.9 Å². The van der Waals surface area contributed by atoms with E-state index >= 15 is 0 Å². The Morgan fingerprint density at radius 3 is 2.78 bits per heavy atom. The standard InChI is InChI=1S/C21H29N7O2S.ClH/c1-21(2,3)13-28-16-7-8-17(23-18(16)26(4)20(28)30)27-9-5-6-14(11-27)10-22-19(29)15-12-31-25-24-15;/h7-8,12,14H,5-6,9-11,13H2,1-4H3,(H,22,29);1H. The third kappa shape index (κ3) is 5.12. The van der Waals surface area contributed by atoms with Crippen molar-refractivity contribution in [3.05, 3.63) is 33.7 Å². The molecule has 11 heteroatoms. The first-order chi connectivity index (χ1) is 14.7. The van der Waals surface area contributed by atoms with Crippen LogP contribution in [0.15, 0.2) is 22.3 Å². The van der Waals surface area contributed by atoms with E-state index in [1.165, 1.54) is 11.5 Å². The predicted octanol–water partition coefficient (Wildman–Crippen LogP) is 2.70. The van der Waals surface area contributed by atoms with E-state index in [-0.39, 0.29) is 29.4 Å². The van der Waals surface area contributed by atoms with Crippen LogP contribution in [0.2, 0.25) is 0 Å². The molecule has 1 atom stereocenters. The molecule has 9 nitrogen and oxygen atoms in total. The summed E-state index contributed by atoms with van der Waals surface area (Å²) in [5, 5.41) is 8.43. The van der Waals surface area contributed by atoms with Crippen molar-refractivity contribution >= 4 is 46.8 Å². The molecule has 0 bridgehead atoms. The van der Waals surface area contributed by atoms with Gasteiger partial charge < -0.3 is 10.2 Å². The first kappa shape index (κ1) is 24.2. The quantitative estimate of drug-likeness (QED) is 0.604. The smallest absolute Gasteiger partial charge is 0.330 e. The summed E-state index contributed by atoms with van der Waals surface area (Å²) in [5.74, 6) is 1.02. The van der Waals surface area contributed by atoms with Crippen LogP contribution in [0.25, 0.3) is 11.2 Å². The summed E-state index contributed by atoms with van der Waals surface area (Å²) in [5.41, 5.74) is 1.90. The van der Waals surface area contributed by atoms with Gasteiger partial charge in [-0.1, -0.05) is 25.3 Å². The first-order valence-electron chi connectivity index (χ1n) is 10.6. The van der Waals surface area contributed by atoms with Crippen molar-refractivity contribution < 1.29 is 4.79 Å². The van der Waals surface area contributed by atoms with Crippen molar-refractivity contribution in [1.29, 1.82) is 0 Å². The minimum Gasteiger partial charge on any atom is -0.356 e. The maximum Gasteiger partial charge on any atom is 0.330 e. The average Bonchev–Trinajstić information content (AvgIpc) is 3.35. The fourth-order valence-corrected chi connectivity index (χ4v) is 4.53. The molecule has 3 aromatic heterocycles. The van der Waals surface area contributed by atoms with Crippen LogP contribution in [0.3, 0.4) is 0 Å². The van der Waals surface area contributed by atoms with E-state index in [1.54, 1.807) is 17.0 Å². The zero-order valence-corrected chi connectivity index (χ0v) is 20.5. The number of carbonyl (C=O) groups is 1. The van der Waals surface area contributed by atoms with Crippen LogP contribution in [-0.4, -0.2) is 49.2 Å². The number of nitrogens with zero attached hydrogens (tertiary/aromatic N) is 6. The number of aromatic nitrogens is 5. The molecule has 1 saturated heterocycles. The van der Waals surface area contributed by atoms with Gasteiger partial charge >= 0.3 is 5.69 Å². The molecular formula is C21H30ClN7O2S. The molecule has 4 heterocycles. The number of amides is 1. The molecule has 1 fully saturated rings. The molecule has 1 unspecified atom stereocenters. The van der Waals surface area contributed by atoms with Crippen molar-refractivity contribution in [2.75, 3.05) is 24.5 Å². The van der Waals surface area contributed by atoms with Crippen LogP contribution in [-0.2, 0) is 13.6 Å². The van der Waals surface area contributed by atoms with Gasteiger partial charge in [-0.25, -0.2) is 9.78 Å². The number of nitrogens with one attached hydrogen (secondary N) is 1. The van der Waals surface area contributed by atoms with Gasteiger partial charge in [-0.3, -0.25) is 13.9 Å². The number of imidazole rings is 1. The molecule has 32 heavy (non-hydrogen) atoms. The van der Waals surface area contributed by atoms with E-state index < -0.39 is 0 Å². The van der Waals surface area contributed by atoms with Crippen molar-refractivity contribution in [3.63, 3.8) is 0 Å². The lowest BCUT2D eigenvalue weighted by molar-refractivity contribution is 0.0940. The zero-order valence-electron chi connectivity index (χ0n) is 18.9. The number of piperidine rings is 1. The Kier molecular flexibility index (Phi) is 7.24. The second-order valence-electron chi connectivity index (χ2n) is 9.46. The third-order valence-corrected chi connectivity index (χ3v) is 6.09. The maximum absolute atomic E-state index is 12.8. The molecule has 0 spiro atoms. The Balaban J connectivity index is 0.00000289. The van der Waals surface area contributed by atoms with Crippen LogP contribution < -0.4 is 15.9 Å². The number of carbonyl (C=O) groups excluding carboxylic acids is 1. The number of fused-ring (bicyclic) bond motifs is 1. The van der Waals surface area contributed by atoms with Gasteiger partial charge in [0.25, 0.3) is 5.91 Å². The van der Waals surface area contributed by atoms with Crippen LogP contribution in [0.5, 0.6) is 0 Å². The molecule has 0 aromatic carbocycles. The molecule has 4 rings (SSSR count). The number of aryl methyl sites for hydroxylation is 1. The second kappa shape index (κ2) is 9.58. The molecule has 3 aromatic rings. The molecule has 1 amide bonds. The molecule has 1 N–H and O–H groups in total. The summed E-state index contributed by atoms with van der Waals surface area (Å²) < 4.78 is 7.18. The first-order valence-corrected chi connectivity index (χ1v) is 11.4. The summed E-state index contributed by atoms with van der Waals surface area (Å²) >= 11 is 1.17. The number of anilines is 1. The van der Waals surface area contributed by atoms with Gasteiger partial charge in [0, 0.05) is 38.6 Å². The molecule has 1 aliphatic heterocycles. The number of halogens is 1. The SMILES string of the molecule is Cl.Cn1c(=O)n(CC(C)(C)C)c2ccc(N3CCCC(CNC(=O)c4csnn4)C3)nc21. The Bertz CT molecular complexity index is 1130. The minimum absolute atomic E-state index is 0. The average molecular weight is 480 g/mol. The second-order valence-corrected chi connectivity index (χ2v) is 10.1. The highest BCUT2D eigenvalue weighted by Gasteiger charge is 2.24. The number of hydrogen-bond donors (Lipinski definition) is 1. The summed E-state index contributed by atoms with van der Waals surface area (Å²) in [4.78, 5) is 32.0. The Morgan fingerprint density at radius 2 is 2.09 bits per heavy atom. The number of rotatable bonds is 5. The Hall–Kier alpha value is -2.46. The van der Waals surface area contributed by atoms with Gasteiger partial charge in [0.1, 0.15) is 5.82 Å². The monoisotopic (exact) mass is 479 g/mol. The van der Waals surface area contributed by atoms with Gasteiger partial charge in [-0.15, -0.1) is 17.5 Å². The van der Waals surface area contributed by atoms with E-state index in [0.717, 1.165) is 37.3 Å². The van der Waals surface area contributed by atoms with Gasteiger partial charge in [0.05, 0.1) is 5.52 Å². The maximum atomic E-state index is 12.8. The van der Waals surface area contributed by atoms with E-state index in [4.69, 9.17) is 4.98 Å². The van der Waals surface area contributed by atoms with E-state index in [2.05, 4.69) is 40.6 Å². The lowest BCUT2D eigenvalue weighted by atomic mass is 9.97. The van der Waals surface area contributed by atoms with Crippen molar-refractivity contribution in [3.8, 4) is 0 Å². The Labute approximate surface area is 197 Å². The normalized spacial score (nSPS) is 16.8. The van der Waals surface area contributed by atoms with Gasteiger partial charge in [0.2, 0.25) is 0 Å². The minimum atomic E-state index is -0.180. The van der Waals surface area contributed by atoms with Crippen molar-refractivity contribution in [1.82, 2.24) is 29.0 Å². The zero-order chi connectivity index (χ0) is 22.2. The third-order valence-electron chi connectivity index (χ3n) is 5.59. The molecular weight excluding hydrogens is 450 g/mol. The lowest BCUT2D eigenvalue weighted by Gasteiger charge is -2.33. The summed E-state index contributed by atoms with van der Waals surface area (Å²) in [6.45, 7) is 9.33. The molecule has 0 aliphatic carbocycles. The Morgan fingerprint density at radius 1 is 1.31 bits per heavy atom. The highest BCUT2D eigenvalue weighted by molar-refractivity contribution is 7.03.